The zero-order chi connectivity index (χ0) is 13.9. The molecule has 0 fully saturated rings. The molecule has 0 radical (unpaired) electrons. The molecule has 20 heavy (non-hydrogen) atoms. The van der Waals surface area contributed by atoms with Gasteiger partial charge in [0.1, 0.15) is 12.4 Å². The van der Waals surface area contributed by atoms with Gasteiger partial charge < -0.3 is 15.5 Å². The molecule has 3 rings (SSSR count). The monoisotopic (exact) mass is 266 g/mol. The van der Waals surface area contributed by atoms with Crippen LogP contribution in [0.4, 0.5) is 0 Å². The van der Waals surface area contributed by atoms with Gasteiger partial charge in [-0.15, -0.1) is 0 Å². The molecule has 0 atom stereocenters. The SMILES string of the molecule is Cc1c(-c2ccccc2)[nH]c2cc(OCCN)ccc12. The van der Waals surface area contributed by atoms with Crippen LogP contribution in [0.2, 0.25) is 0 Å². The van der Waals surface area contributed by atoms with Crippen molar-refractivity contribution in [3.05, 3.63) is 54.1 Å². The van der Waals surface area contributed by atoms with Crippen LogP contribution in [0.3, 0.4) is 0 Å². The second-order valence-corrected chi connectivity index (χ2v) is 4.84. The van der Waals surface area contributed by atoms with Crippen molar-refractivity contribution in [1.29, 1.82) is 0 Å². The number of fused-ring (bicyclic) bond motifs is 1. The minimum absolute atomic E-state index is 0.525. The molecule has 1 aromatic heterocycles. The molecular formula is C17H18N2O. The number of ether oxygens (including phenoxy) is 1. The Morgan fingerprint density at radius 3 is 2.65 bits per heavy atom. The molecule has 2 aromatic carbocycles. The Hall–Kier alpha value is -2.26. The van der Waals surface area contributed by atoms with Crippen molar-refractivity contribution in [2.45, 2.75) is 6.92 Å². The van der Waals surface area contributed by atoms with Gasteiger partial charge in [0, 0.05) is 29.2 Å². The van der Waals surface area contributed by atoms with Gasteiger partial charge in [0.2, 0.25) is 0 Å². The number of benzene rings is 2. The zero-order valence-electron chi connectivity index (χ0n) is 11.5. The van der Waals surface area contributed by atoms with E-state index in [2.05, 4.69) is 42.2 Å². The average molecular weight is 266 g/mol. The molecule has 0 aliphatic heterocycles. The molecule has 0 unspecified atom stereocenters. The molecule has 0 saturated heterocycles. The molecule has 0 saturated carbocycles. The van der Waals surface area contributed by atoms with E-state index in [0.717, 1.165) is 17.0 Å². The molecule has 3 nitrogen and oxygen atoms in total. The van der Waals surface area contributed by atoms with Crippen LogP contribution in [0.5, 0.6) is 5.75 Å². The van der Waals surface area contributed by atoms with E-state index in [1.165, 1.54) is 16.5 Å². The van der Waals surface area contributed by atoms with Gasteiger partial charge in [-0.25, -0.2) is 0 Å². The fourth-order valence-electron chi connectivity index (χ4n) is 2.48. The van der Waals surface area contributed by atoms with Crippen LogP contribution in [0.15, 0.2) is 48.5 Å². The van der Waals surface area contributed by atoms with E-state index in [-0.39, 0.29) is 0 Å². The number of aromatic amines is 1. The van der Waals surface area contributed by atoms with Crippen LogP contribution in [0, 0.1) is 6.92 Å². The number of nitrogens with one attached hydrogen (secondary N) is 1. The largest absolute Gasteiger partial charge is 0.492 e. The van der Waals surface area contributed by atoms with Gasteiger partial charge in [-0.2, -0.15) is 0 Å². The van der Waals surface area contributed by atoms with Crippen LogP contribution in [-0.2, 0) is 0 Å². The van der Waals surface area contributed by atoms with Crippen LogP contribution in [0.25, 0.3) is 22.2 Å². The van der Waals surface area contributed by atoms with Crippen molar-refractivity contribution < 1.29 is 4.74 Å². The maximum atomic E-state index is 5.57. The van der Waals surface area contributed by atoms with Crippen molar-refractivity contribution in [2.75, 3.05) is 13.2 Å². The van der Waals surface area contributed by atoms with E-state index >= 15 is 0 Å². The van der Waals surface area contributed by atoms with E-state index in [9.17, 15) is 0 Å². The third kappa shape index (κ3) is 2.28. The van der Waals surface area contributed by atoms with Crippen molar-refractivity contribution in [3.8, 4) is 17.0 Å². The highest BCUT2D eigenvalue weighted by atomic mass is 16.5. The normalized spacial score (nSPS) is 10.9. The first-order valence-electron chi connectivity index (χ1n) is 6.80. The second kappa shape index (κ2) is 5.39. The Balaban J connectivity index is 2.05. The number of aromatic nitrogens is 1. The van der Waals surface area contributed by atoms with E-state index in [1.807, 2.05) is 18.2 Å². The molecule has 3 N–H and O–H groups in total. The van der Waals surface area contributed by atoms with Crippen LogP contribution >= 0.6 is 0 Å². The molecule has 3 aromatic rings. The van der Waals surface area contributed by atoms with Crippen LogP contribution in [-0.4, -0.2) is 18.1 Å². The highest BCUT2D eigenvalue weighted by molar-refractivity contribution is 5.91. The quantitative estimate of drug-likeness (QED) is 0.759. The molecule has 0 amide bonds. The first-order valence-corrected chi connectivity index (χ1v) is 6.80. The van der Waals surface area contributed by atoms with Gasteiger partial charge in [0.05, 0.1) is 0 Å². The predicted octanol–water partition coefficient (Wildman–Crippen LogP) is 3.48. The lowest BCUT2D eigenvalue weighted by molar-refractivity contribution is 0.329. The van der Waals surface area contributed by atoms with Gasteiger partial charge in [-0.05, 0) is 30.2 Å². The highest BCUT2D eigenvalue weighted by Crippen LogP contribution is 2.31. The number of hydrogen-bond acceptors (Lipinski definition) is 2. The van der Waals surface area contributed by atoms with E-state index in [4.69, 9.17) is 10.5 Å². The molecule has 102 valence electrons. The van der Waals surface area contributed by atoms with E-state index in [1.54, 1.807) is 0 Å². The maximum absolute atomic E-state index is 5.57. The van der Waals surface area contributed by atoms with Crippen molar-refractivity contribution in [1.82, 2.24) is 4.98 Å². The highest BCUT2D eigenvalue weighted by Gasteiger charge is 2.09. The molecule has 0 bridgehead atoms. The summed E-state index contributed by atoms with van der Waals surface area (Å²) >= 11 is 0. The lowest BCUT2D eigenvalue weighted by Crippen LogP contribution is -2.10. The summed E-state index contributed by atoms with van der Waals surface area (Å²) in [4.78, 5) is 3.49. The fraction of sp³-hybridized carbons (Fsp3) is 0.176. The van der Waals surface area contributed by atoms with Crippen LogP contribution in [0.1, 0.15) is 5.56 Å². The first-order chi connectivity index (χ1) is 9.79. The summed E-state index contributed by atoms with van der Waals surface area (Å²) in [6.45, 7) is 3.20. The number of rotatable bonds is 4. The lowest BCUT2D eigenvalue weighted by Gasteiger charge is -2.03. The smallest absolute Gasteiger partial charge is 0.121 e. The summed E-state index contributed by atoms with van der Waals surface area (Å²) in [6.07, 6.45) is 0. The van der Waals surface area contributed by atoms with E-state index in [0.29, 0.717) is 13.2 Å². The Morgan fingerprint density at radius 2 is 1.90 bits per heavy atom. The number of H-pyrrole nitrogens is 1. The fourth-order valence-corrected chi connectivity index (χ4v) is 2.48. The maximum Gasteiger partial charge on any atom is 0.121 e. The number of hydrogen-bond donors (Lipinski definition) is 2. The standard InChI is InChI=1S/C17H18N2O/c1-12-15-8-7-14(20-10-9-18)11-16(15)19-17(12)13-5-3-2-4-6-13/h2-8,11,19H,9-10,18H2,1H3. The minimum Gasteiger partial charge on any atom is -0.492 e. The number of nitrogens with two attached hydrogens (primary N) is 1. The average Bonchev–Trinajstić information content (AvgIpc) is 2.83. The Labute approximate surface area is 118 Å². The number of aryl methyl sites for hydroxylation is 1. The zero-order valence-corrected chi connectivity index (χ0v) is 11.5. The lowest BCUT2D eigenvalue weighted by atomic mass is 10.1. The third-order valence-electron chi connectivity index (χ3n) is 3.48. The van der Waals surface area contributed by atoms with Gasteiger partial charge >= 0.3 is 0 Å². The topological polar surface area (TPSA) is 51.0 Å². The van der Waals surface area contributed by atoms with Crippen molar-refractivity contribution in [2.24, 2.45) is 5.73 Å². The Bertz CT molecular complexity index is 716. The van der Waals surface area contributed by atoms with Gasteiger partial charge in [-0.1, -0.05) is 30.3 Å². The molecular weight excluding hydrogens is 248 g/mol. The third-order valence-corrected chi connectivity index (χ3v) is 3.48. The Kier molecular flexibility index (Phi) is 3.44. The van der Waals surface area contributed by atoms with Crippen LogP contribution < -0.4 is 10.5 Å². The molecule has 0 spiro atoms. The minimum atomic E-state index is 0.525. The summed E-state index contributed by atoms with van der Waals surface area (Å²) in [5, 5.41) is 1.23. The summed E-state index contributed by atoms with van der Waals surface area (Å²) < 4.78 is 5.57. The Morgan fingerprint density at radius 1 is 1.10 bits per heavy atom. The van der Waals surface area contributed by atoms with Gasteiger partial charge in [-0.3, -0.25) is 0 Å². The van der Waals surface area contributed by atoms with Gasteiger partial charge in [0.15, 0.2) is 0 Å². The first kappa shape index (κ1) is 12.8. The summed E-state index contributed by atoms with van der Waals surface area (Å²) in [5.41, 5.74) is 10.2. The van der Waals surface area contributed by atoms with E-state index < -0.39 is 0 Å². The summed E-state index contributed by atoms with van der Waals surface area (Å²) in [5.74, 6) is 0.851. The second-order valence-electron chi connectivity index (χ2n) is 4.84. The predicted molar refractivity (Wildman–Crippen MR) is 83.0 cm³/mol. The molecule has 0 aliphatic carbocycles. The van der Waals surface area contributed by atoms with Gasteiger partial charge in [0.25, 0.3) is 0 Å². The summed E-state index contributed by atoms with van der Waals surface area (Å²) in [7, 11) is 0. The summed E-state index contributed by atoms with van der Waals surface area (Å²) in [6, 6.07) is 16.5. The molecule has 0 aliphatic rings. The van der Waals surface area contributed by atoms with Crippen molar-refractivity contribution >= 4 is 10.9 Å². The molecule has 3 heteroatoms. The molecule has 1 heterocycles. The van der Waals surface area contributed by atoms with Crippen molar-refractivity contribution in [3.63, 3.8) is 0 Å².